The number of imidazole rings is 1. The Hall–Kier alpha value is -4.32. The molecular weight excluding hydrogens is 477 g/mol. The molecule has 192 valence electrons. The van der Waals surface area contributed by atoms with Gasteiger partial charge in [0.25, 0.3) is 5.91 Å². The Morgan fingerprint density at radius 3 is 2.47 bits per heavy atom. The summed E-state index contributed by atoms with van der Waals surface area (Å²) in [6.45, 7) is 5.04. The molecule has 1 amide bonds. The van der Waals surface area contributed by atoms with Crippen molar-refractivity contribution < 1.29 is 13.9 Å². The molecule has 38 heavy (non-hydrogen) atoms. The Balaban J connectivity index is 1.62. The molecule has 6 rings (SSSR count). The highest BCUT2D eigenvalue weighted by atomic mass is 19.1. The highest BCUT2D eigenvalue weighted by Crippen LogP contribution is 2.40. The van der Waals surface area contributed by atoms with E-state index in [1.165, 1.54) is 28.8 Å². The second-order valence-electron chi connectivity index (χ2n) is 9.98. The number of ether oxygens (including phenoxy) is 1. The minimum Gasteiger partial charge on any atom is -0.495 e. The molecule has 0 unspecified atom stereocenters. The molecule has 0 saturated heterocycles. The smallest absolute Gasteiger partial charge is 0.273 e. The van der Waals surface area contributed by atoms with Gasteiger partial charge in [-0.3, -0.25) is 9.20 Å². The monoisotopic (exact) mass is 507 g/mol. The Morgan fingerprint density at radius 2 is 1.71 bits per heavy atom. The number of carbonyl (C=O) groups excluding carboxylic acids is 1. The standard InChI is InChI=1S/C32H30FN3O2/c1-20-11-12-23(18-21(20)2)29-25-8-6-7-17-35-27(22-13-15-24(33)16-14-22)19-36(32(25)35)30(29)31(37)34-26-9-4-5-10-28(26)38-3/h4-5,9-16,18-19H,6-8,17H2,1-3H3,(H,34,37). The number of nitrogens with zero attached hydrogens (tertiary/aromatic N) is 2. The van der Waals surface area contributed by atoms with Crippen LogP contribution in [0.2, 0.25) is 0 Å². The predicted molar refractivity (Wildman–Crippen MR) is 150 cm³/mol. The van der Waals surface area contributed by atoms with Crippen LogP contribution in [0.15, 0.2) is 72.9 Å². The summed E-state index contributed by atoms with van der Waals surface area (Å²) in [7, 11) is 1.60. The second kappa shape index (κ2) is 9.53. The topological polar surface area (TPSA) is 47.7 Å². The van der Waals surface area contributed by atoms with Crippen molar-refractivity contribution in [1.82, 2.24) is 8.97 Å². The summed E-state index contributed by atoms with van der Waals surface area (Å²) in [5.41, 5.74) is 9.71. The highest BCUT2D eigenvalue weighted by molar-refractivity contribution is 6.10. The van der Waals surface area contributed by atoms with Gasteiger partial charge in [-0.2, -0.15) is 0 Å². The quantitative estimate of drug-likeness (QED) is 0.269. The molecule has 0 atom stereocenters. The van der Waals surface area contributed by atoms with Crippen LogP contribution in [-0.4, -0.2) is 22.0 Å². The van der Waals surface area contributed by atoms with E-state index in [4.69, 9.17) is 4.74 Å². The van der Waals surface area contributed by atoms with Gasteiger partial charge in [0.1, 0.15) is 22.9 Å². The number of hydrogen-bond donors (Lipinski definition) is 1. The summed E-state index contributed by atoms with van der Waals surface area (Å²) < 4.78 is 23.6. The third-order valence-corrected chi connectivity index (χ3v) is 7.64. The minimum atomic E-state index is -0.266. The van der Waals surface area contributed by atoms with Crippen LogP contribution in [0.5, 0.6) is 5.75 Å². The van der Waals surface area contributed by atoms with Crippen LogP contribution in [0.3, 0.4) is 0 Å². The lowest BCUT2D eigenvalue weighted by Crippen LogP contribution is -2.16. The first-order chi connectivity index (χ1) is 18.5. The van der Waals surface area contributed by atoms with Crippen LogP contribution in [0, 0.1) is 19.7 Å². The van der Waals surface area contributed by atoms with Gasteiger partial charge in [-0.05, 0) is 91.8 Å². The average molecular weight is 508 g/mol. The number of halogens is 1. The number of nitrogens with one attached hydrogen (secondary N) is 1. The zero-order chi connectivity index (χ0) is 26.4. The van der Waals surface area contributed by atoms with Crippen molar-refractivity contribution in [3.05, 3.63) is 101 Å². The normalized spacial score (nSPS) is 12.9. The van der Waals surface area contributed by atoms with Crippen molar-refractivity contribution in [3.63, 3.8) is 0 Å². The molecule has 0 radical (unpaired) electrons. The molecule has 6 heteroatoms. The Morgan fingerprint density at radius 1 is 0.947 bits per heavy atom. The first kappa shape index (κ1) is 24.0. The number of amides is 1. The maximum absolute atomic E-state index is 14.1. The molecule has 0 fully saturated rings. The molecule has 0 aliphatic carbocycles. The van der Waals surface area contributed by atoms with Crippen molar-refractivity contribution in [1.29, 1.82) is 0 Å². The van der Waals surface area contributed by atoms with E-state index in [1.807, 2.05) is 34.9 Å². The fraction of sp³-hybridized carbons (Fsp3) is 0.219. The molecule has 1 aliphatic heterocycles. The van der Waals surface area contributed by atoms with Crippen LogP contribution in [0.4, 0.5) is 10.1 Å². The zero-order valence-electron chi connectivity index (χ0n) is 21.8. The highest BCUT2D eigenvalue weighted by Gasteiger charge is 2.30. The number of benzene rings is 3. The third-order valence-electron chi connectivity index (χ3n) is 7.64. The summed E-state index contributed by atoms with van der Waals surface area (Å²) >= 11 is 0. The van der Waals surface area contributed by atoms with Crippen molar-refractivity contribution in [2.45, 2.75) is 39.7 Å². The van der Waals surface area contributed by atoms with E-state index in [0.717, 1.165) is 53.8 Å². The van der Waals surface area contributed by atoms with E-state index in [-0.39, 0.29) is 11.7 Å². The van der Waals surface area contributed by atoms with Gasteiger partial charge in [-0.15, -0.1) is 0 Å². The number of aromatic nitrogens is 2. The van der Waals surface area contributed by atoms with Crippen LogP contribution in [0.1, 0.15) is 40.0 Å². The molecule has 1 N–H and O–H groups in total. The first-order valence-electron chi connectivity index (χ1n) is 13.0. The summed E-state index contributed by atoms with van der Waals surface area (Å²) in [5.74, 6) is 0.136. The maximum atomic E-state index is 14.1. The number of rotatable bonds is 5. The van der Waals surface area contributed by atoms with Crippen LogP contribution >= 0.6 is 0 Å². The van der Waals surface area contributed by atoms with E-state index in [2.05, 4.69) is 41.9 Å². The van der Waals surface area contributed by atoms with Gasteiger partial charge in [0.15, 0.2) is 0 Å². The molecule has 2 aromatic heterocycles. The van der Waals surface area contributed by atoms with Gasteiger partial charge in [-0.25, -0.2) is 4.39 Å². The van der Waals surface area contributed by atoms with Gasteiger partial charge in [0.05, 0.1) is 18.5 Å². The van der Waals surface area contributed by atoms with Gasteiger partial charge >= 0.3 is 0 Å². The second-order valence-corrected chi connectivity index (χ2v) is 9.98. The number of carbonyl (C=O) groups is 1. The van der Waals surface area contributed by atoms with Crippen LogP contribution in [0.25, 0.3) is 28.0 Å². The number of hydrogen-bond acceptors (Lipinski definition) is 2. The number of anilines is 1. The maximum Gasteiger partial charge on any atom is 0.273 e. The molecule has 0 bridgehead atoms. The average Bonchev–Trinajstić information content (AvgIpc) is 3.34. The van der Waals surface area contributed by atoms with Gasteiger partial charge < -0.3 is 14.6 Å². The first-order valence-corrected chi connectivity index (χ1v) is 13.0. The van der Waals surface area contributed by atoms with Crippen LogP contribution in [-0.2, 0) is 13.0 Å². The fourth-order valence-electron chi connectivity index (χ4n) is 5.60. The van der Waals surface area contributed by atoms with E-state index in [1.54, 1.807) is 19.2 Å². The van der Waals surface area contributed by atoms with Crippen molar-refractivity contribution in [2.75, 3.05) is 12.4 Å². The minimum absolute atomic E-state index is 0.202. The zero-order valence-corrected chi connectivity index (χ0v) is 21.8. The summed E-state index contributed by atoms with van der Waals surface area (Å²) in [6, 6.07) is 20.4. The molecule has 0 saturated carbocycles. The third kappa shape index (κ3) is 3.97. The predicted octanol–water partition coefficient (Wildman–Crippen LogP) is 7.43. The number of methoxy groups -OCH3 is 1. The molecule has 5 aromatic rings. The lowest BCUT2D eigenvalue weighted by Gasteiger charge is -2.13. The number of para-hydroxylation sites is 2. The SMILES string of the molecule is COc1ccccc1NC(=O)c1c(-c2ccc(C)c(C)c2)c2c3n(c(-c4ccc(F)cc4)cn13)CCCC2. The number of aryl methyl sites for hydroxylation is 4. The van der Waals surface area contributed by atoms with Crippen molar-refractivity contribution in [3.8, 4) is 28.1 Å². The molecule has 5 nitrogen and oxygen atoms in total. The lowest BCUT2D eigenvalue weighted by molar-refractivity contribution is 0.102. The van der Waals surface area contributed by atoms with Crippen molar-refractivity contribution >= 4 is 17.2 Å². The van der Waals surface area contributed by atoms with E-state index < -0.39 is 0 Å². The molecule has 3 aromatic carbocycles. The Bertz CT molecular complexity index is 1680. The van der Waals surface area contributed by atoms with Crippen LogP contribution < -0.4 is 10.1 Å². The van der Waals surface area contributed by atoms with E-state index >= 15 is 0 Å². The largest absolute Gasteiger partial charge is 0.495 e. The fourth-order valence-corrected chi connectivity index (χ4v) is 5.60. The van der Waals surface area contributed by atoms with Gasteiger partial charge in [0.2, 0.25) is 0 Å². The summed E-state index contributed by atoms with van der Waals surface area (Å²) in [5, 5.41) is 3.11. The van der Waals surface area contributed by atoms with Crippen molar-refractivity contribution in [2.24, 2.45) is 0 Å². The molecule has 1 aliphatic rings. The van der Waals surface area contributed by atoms with E-state index in [0.29, 0.717) is 17.1 Å². The van der Waals surface area contributed by atoms with Gasteiger partial charge in [-0.1, -0.05) is 30.3 Å². The van der Waals surface area contributed by atoms with Gasteiger partial charge in [0, 0.05) is 23.9 Å². The summed E-state index contributed by atoms with van der Waals surface area (Å²) in [6.07, 6.45) is 4.96. The molecular formula is C32H30FN3O2. The Kier molecular flexibility index (Phi) is 6.03. The van der Waals surface area contributed by atoms with E-state index in [9.17, 15) is 9.18 Å². The lowest BCUT2D eigenvalue weighted by atomic mass is 9.95. The molecule has 0 spiro atoms. The molecule has 3 heterocycles. The Labute approximate surface area is 221 Å². The summed E-state index contributed by atoms with van der Waals surface area (Å²) in [4.78, 5) is 14.1.